The summed E-state index contributed by atoms with van der Waals surface area (Å²) in [6.07, 6.45) is 0. The maximum Gasteiger partial charge on any atom is 0.0587 e. The number of nitrogens with zero attached hydrogens (tertiary/aromatic N) is 1. The van der Waals surface area contributed by atoms with Crippen LogP contribution in [-0.2, 0) is 4.74 Å². The van der Waals surface area contributed by atoms with Gasteiger partial charge in [-0.1, -0.05) is 0 Å². The molecule has 0 saturated carbocycles. The molecule has 4 heteroatoms. The number of aliphatic hydroxyl groups excluding tert-OH is 1. The molecule has 0 aliphatic heterocycles. The normalized spacial score (nSPS) is 11.0. The highest BCUT2D eigenvalue weighted by atomic mass is 16.5. The first-order valence-corrected chi connectivity index (χ1v) is 4.30. The van der Waals surface area contributed by atoms with Crippen LogP contribution in [-0.4, -0.2) is 63.6 Å². The number of hydrogen-bond acceptors (Lipinski definition) is 4. The monoisotopic (exact) mass is 176 g/mol. The Morgan fingerprint density at radius 3 is 2.67 bits per heavy atom. The second-order valence-corrected chi connectivity index (χ2v) is 2.77. The molecule has 0 atom stereocenters. The second-order valence-electron chi connectivity index (χ2n) is 2.77. The third-order valence-electron chi connectivity index (χ3n) is 1.63. The van der Waals surface area contributed by atoms with Gasteiger partial charge in [0.2, 0.25) is 0 Å². The molecular formula is C8H20N2O2. The molecule has 74 valence electrons. The summed E-state index contributed by atoms with van der Waals surface area (Å²) in [6.45, 7) is 4.53. The number of rotatable bonds is 8. The SMILES string of the molecule is COCCNCCN(C)CCO. The molecule has 2 N–H and O–H groups in total. The van der Waals surface area contributed by atoms with E-state index in [1.165, 1.54) is 0 Å². The summed E-state index contributed by atoms with van der Waals surface area (Å²) in [5.74, 6) is 0. The van der Waals surface area contributed by atoms with E-state index in [9.17, 15) is 0 Å². The van der Waals surface area contributed by atoms with E-state index in [-0.39, 0.29) is 6.61 Å². The Balaban J connectivity index is 2.97. The van der Waals surface area contributed by atoms with Gasteiger partial charge in [-0.05, 0) is 7.05 Å². The zero-order valence-electron chi connectivity index (χ0n) is 8.05. The zero-order valence-corrected chi connectivity index (χ0v) is 8.05. The first-order chi connectivity index (χ1) is 5.81. The molecule has 0 amide bonds. The largest absolute Gasteiger partial charge is 0.395 e. The standard InChI is InChI=1S/C8H20N2O2/c1-10(6-7-11)5-3-9-4-8-12-2/h9,11H,3-8H2,1-2H3. The zero-order chi connectivity index (χ0) is 9.23. The van der Waals surface area contributed by atoms with Gasteiger partial charge in [0.1, 0.15) is 0 Å². The van der Waals surface area contributed by atoms with E-state index in [0.717, 1.165) is 32.8 Å². The average Bonchev–Trinajstić information content (AvgIpc) is 2.05. The van der Waals surface area contributed by atoms with E-state index >= 15 is 0 Å². The van der Waals surface area contributed by atoms with Crippen LogP contribution in [0.15, 0.2) is 0 Å². The highest BCUT2D eigenvalue weighted by molar-refractivity contribution is 4.53. The summed E-state index contributed by atoms with van der Waals surface area (Å²) in [7, 11) is 3.69. The number of nitrogens with one attached hydrogen (secondary N) is 1. The van der Waals surface area contributed by atoms with Gasteiger partial charge < -0.3 is 20.1 Å². The first kappa shape index (κ1) is 11.8. The van der Waals surface area contributed by atoms with Crippen molar-refractivity contribution in [2.45, 2.75) is 0 Å². The maximum absolute atomic E-state index is 8.60. The van der Waals surface area contributed by atoms with Crippen LogP contribution in [0.4, 0.5) is 0 Å². The smallest absolute Gasteiger partial charge is 0.0587 e. The lowest BCUT2D eigenvalue weighted by atomic mass is 10.5. The first-order valence-electron chi connectivity index (χ1n) is 4.30. The molecule has 0 aliphatic carbocycles. The van der Waals surface area contributed by atoms with Gasteiger partial charge in [0, 0.05) is 33.3 Å². The van der Waals surface area contributed by atoms with Crippen molar-refractivity contribution in [3.05, 3.63) is 0 Å². The summed E-state index contributed by atoms with van der Waals surface area (Å²) >= 11 is 0. The summed E-state index contributed by atoms with van der Waals surface area (Å²) in [5, 5.41) is 11.8. The van der Waals surface area contributed by atoms with Crippen LogP contribution in [0.3, 0.4) is 0 Å². The Kier molecular flexibility index (Phi) is 8.81. The number of aliphatic hydroxyl groups is 1. The maximum atomic E-state index is 8.60. The van der Waals surface area contributed by atoms with Gasteiger partial charge in [0.05, 0.1) is 13.2 Å². The van der Waals surface area contributed by atoms with Gasteiger partial charge in [-0.25, -0.2) is 0 Å². The predicted octanol–water partition coefficient (Wildman–Crippen LogP) is -0.853. The van der Waals surface area contributed by atoms with Crippen molar-refractivity contribution in [3.63, 3.8) is 0 Å². The number of likely N-dealkylation sites (N-methyl/N-ethyl adjacent to an activating group) is 1. The van der Waals surface area contributed by atoms with Gasteiger partial charge in [-0.2, -0.15) is 0 Å². The summed E-state index contributed by atoms with van der Waals surface area (Å²) < 4.78 is 4.88. The summed E-state index contributed by atoms with van der Waals surface area (Å²) in [6, 6.07) is 0. The van der Waals surface area contributed by atoms with Crippen molar-refractivity contribution < 1.29 is 9.84 Å². The van der Waals surface area contributed by atoms with Crippen molar-refractivity contribution in [2.24, 2.45) is 0 Å². The molecule has 0 radical (unpaired) electrons. The fourth-order valence-electron chi connectivity index (χ4n) is 0.852. The van der Waals surface area contributed by atoms with E-state index in [4.69, 9.17) is 9.84 Å². The second kappa shape index (κ2) is 8.93. The topological polar surface area (TPSA) is 44.7 Å². The molecule has 0 fully saturated rings. The number of ether oxygens (including phenoxy) is 1. The molecule has 0 rings (SSSR count). The minimum absolute atomic E-state index is 0.231. The Labute approximate surface area is 74.5 Å². The van der Waals surface area contributed by atoms with Gasteiger partial charge in [-0.15, -0.1) is 0 Å². The lowest BCUT2D eigenvalue weighted by Crippen LogP contribution is -2.32. The fourth-order valence-corrected chi connectivity index (χ4v) is 0.852. The van der Waals surface area contributed by atoms with Crippen LogP contribution in [0.1, 0.15) is 0 Å². The molecular weight excluding hydrogens is 156 g/mol. The van der Waals surface area contributed by atoms with Gasteiger partial charge in [0.15, 0.2) is 0 Å². The Hall–Kier alpha value is -0.160. The third-order valence-corrected chi connectivity index (χ3v) is 1.63. The van der Waals surface area contributed by atoms with E-state index in [1.54, 1.807) is 7.11 Å². The van der Waals surface area contributed by atoms with Crippen molar-refractivity contribution in [2.75, 3.05) is 53.6 Å². The molecule has 0 aromatic carbocycles. The van der Waals surface area contributed by atoms with Crippen molar-refractivity contribution in [1.82, 2.24) is 10.2 Å². The summed E-state index contributed by atoms with van der Waals surface area (Å²) in [5.41, 5.74) is 0. The Bertz CT molecular complexity index is 91.1. The molecule has 0 bridgehead atoms. The summed E-state index contributed by atoms with van der Waals surface area (Å²) in [4.78, 5) is 2.08. The molecule has 4 nitrogen and oxygen atoms in total. The lowest BCUT2D eigenvalue weighted by molar-refractivity contribution is 0.194. The van der Waals surface area contributed by atoms with Crippen LogP contribution in [0.25, 0.3) is 0 Å². The minimum atomic E-state index is 0.231. The van der Waals surface area contributed by atoms with Crippen LogP contribution in [0, 0.1) is 0 Å². The number of hydrogen-bond donors (Lipinski definition) is 2. The predicted molar refractivity (Wildman–Crippen MR) is 49.3 cm³/mol. The van der Waals surface area contributed by atoms with Crippen molar-refractivity contribution in [3.8, 4) is 0 Å². The average molecular weight is 176 g/mol. The van der Waals surface area contributed by atoms with E-state index in [1.807, 2.05) is 7.05 Å². The van der Waals surface area contributed by atoms with Gasteiger partial charge >= 0.3 is 0 Å². The molecule has 0 unspecified atom stereocenters. The highest BCUT2D eigenvalue weighted by Crippen LogP contribution is 1.78. The highest BCUT2D eigenvalue weighted by Gasteiger charge is 1.94. The lowest BCUT2D eigenvalue weighted by Gasteiger charge is -2.14. The molecule has 0 spiro atoms. The van der Waals surface area contributed by atoms with E-state index in [0.29, 0.717) is 0 Å². The molecule has 0 aromatic heterocycles. The minimum Gasteiger partial charge on any atom is -0.395 e. The quantitative estimate of drug-likeness (QED) is 0.473. The molecule has 0 aromatic rings. The number of methoxy groups -OCH3 is 1. The molecule has 0 heterocycles. The molecule has 12 heavy (non-hydrogen) atoms. The van der Waals surface area contributed by atoms with Crippen molar-refractivity contribution in [1.29, 1.82) is 0 Å². The van der Waals surface area contributed by atoms with E-state index < -0.39 is 0 Å². The molecule has 0 aliphatic rings. The van der Waals surface area contributed by atoms with Gasteiger partial charge in [0.25, 0.3) is 0 Å². The third kappa shape index (κ3) is 7.94. The fraction of sp³-hybridized carbons (Fsp3) is 1.00. The molecule has 0 saturated heterocycles. The Morgan fingerprint density at radius 2 is 2.08 bits per heavy atom. The van der Waals surface area contributed by atoms with Crippen molar-refractivity contribution >= 4 is 0 Å². The van der Waals surface area contributed by atoms with Crippen LogP contribution < -0.4 is 5.32 Å². The van der Waals surface area contributed by atoms with Gasteiger partial charge in [-0.3, -0.25) is 0 Å². The van der Waals surface area contributed by atoms with Crippen LogP contribution >= 0.6 is 0 Å². The van der Waals surface area contributed by atoms with Crippen LogP contribution in [0.5, 0.6) is 0 Å². The Morgan fingerprint density at radius 1 is 1.33 bits per heavy atom. The van der Waals surface area contributed by atoms with Crippen LogP contribution in [0.2, 0.25) is 0 Å². The van der Waals surface area contributed by atoms with E-state index in [2.05, 4.69) is 10.2 Å².